The standard InChI is InChI=1S/C12H15BrClNS/c1-9-8-15(4-5-16-9)12-3-2-11(14)6-10(12)7-13/h2-3,6,9H,4-5,7-8H2,1H3. The van der Waals surface area contributed by atoms with Crippen LogP contribution in [0.5, 0.6) is 0 Å². The molecule has 2 rings (SSSR count). The van der Waals surface area contributed by atoms with Gasteiger partial charge in [0.15, 0.2) is 0 Å². The minimum Gasteiger partial charge on any atom is -0.369 e. The van der Waals surface area contributed by atoms with Crippen molar-refractivity contribution in [2.75, 3.05) is 23.7 Å². The van der Waals surface area contributed by atoms with Crippen LogP contribution in [-0.4, -0.2) is 24.1 Å². The first-order chi connectivity index (χ1) is 7.70. The van der Waals surface area contributed by atoms with Crippen molar-refractivity contribution in [1.29, 1.82) is 0 Å². The molecule has 1 atom stereocenters. The number of halogens is 2. The fraction of sp³-hybridized carbons (Fsp3) is 0.500. The molecule has 0 spiro atoms. The summed E-state index contributed by atoms with van der Waals surface area (Å²) in [6.07, 6.45) is 0. The Bertz CT molecular complexity index is 372. The summed E-state index contributed by atoms with van der Waals surface area (Å²) < 4.78 is 0. The first kappa shape index (κ1) is 12.6. The van der Waals surface area contributed by atoms with E-state index in [-0.39, 0.29) is 0 Å². The van der Waals surface area contributed by atoms with Gasteiger partial charge in [-0.2, -0.15) is 11.8 Å². The molecule has 1 saturated heterocycles. The highest BCUT2D eigenvalue weighted by Crippen LogP contribution is 2.29. The highest BCUT2D eigenvalue weighted by atomic mass is 79.9. The van der Waals surface area contributed by atoms with Crippen LogP contribution in [0.3, 0.4) is 0 Å². The number of alkyl halides is 1. The van der Waals surface area contributed by atoms with Gasteiger partial charge in [0.25, 0.3) is 0 Å². The zero-order valence-electron chi connectivity index (χ0n) is 9.25. The van der Waals surface area contributed by atoms with Crippen molar-refractivity contribution in [3.05, 3.63) is 28.8 Å². The van der Waals surface area contributed by atoms with Gasteiger partial charge in [-0.25, -0.2) is 0 Å². The third-order valence-electron chi connectivity index (χ3n) is 2.77. The van der Waals surface area contributed by atoms with E-state index in [1.807, 2.05) is 6.07 Å². The van der Waals surface area contributed by atoms with E-state index >= 15 is 0 Å². The monoisotopic (exact) mass is 319 g/mol. The smallest absolute Gasteiger partial charge is 0.0410 e. The number of rotatable bonds is 2. The topological polar surface area (TPSA) is 3.24 Å². The fourth-order valence-electron chi connectivity index (χ4n) is 2.01. The maximum Gasteiger partial charge on any atom is 0.0410 e. The van der Waals surface area contributed by atoms with E-state index in [2.05, 4.69) is 51.6 Å². The molecule has 0 aromatic heterocycles. The molecule has 1 aromatic carbocycles. The summed E-state index contributed by atoms with van der Waals surface area (Å²) in [4.78, 5) is 2.47. The average molecular weight is 321 g/mol. The summed E-state index contributed by atoms with van der Waals surface area (Å²) in [6.45, 7) is 4.56. The SMILES string of the molecule is CC1CN(c2ccc(Cl)cc2CBr)CCS1. The highest BCUT2D eigenvalue weighted by molar-refractivity contribution is 9.08. The molecule has 1 aromatic rings. The van der Waals surface area contributed by atoms with E-state index in [4.69, 9.17) is 11.6 Å². The molecule has 1 aliphatic heterocycles. The van der Waals surface area contributed by atoms with E-state index in [0.29, 0.717) is 5.25 Å². The van der Waals surface area contributed by atoms with Gasteiger partial charge in [0.05, 0.1) is 0 Å². The Labute approximate surface area is 115 Å². The summed E-state index contributed by atoms with van der Waals surface area (Å²) in [5, 5.41) is 2.39. The molecule has 0 N–H and O–H groups in total. The van der Waals surface area contributed by atoms with Crippen molar-refractivity contribution in [3.8, 4) is 0 Å². The summed E-state index contributed by atoms with van der Waals surface area (Å²) in [5.41, 5.74) is 2.61. The minimum atomic E-state index is 0.715. The van der Waals surface area contributed by atoms with E-state index in [0.717, 1.165) is 23.4 Å². The number of benzene rings is 1. The summed E-state index contributed by atoms with van der Waals surface area (Å²) in [7, 11) is 0. The molecule has 4 heteroatoms. The van der Waals surface area contributed by atoms with Crippen molar-refractivity contribution < 1.29 is 0 Å². The highest BCUT2D eigenvalue weighted by Gasteiger charge is 2.18. The zero-order chi connectivity index (χ0) is 11.5. The molecule has 1 unspecified atom stereocenters. The van der Waals surface area contributed by atoms with Gasteiger partial charge in [-0.15, -0.1) is 0 Å². The Morgan fingerprint density at radius 2 is 2.38 bits per heavy atom. The second-order valence-corrected chi connectivity index (χ2v) is 6.58. The lowest BCUT2D eigenvalue weighted by atomic mass is 10.1. The molecular weight excluding hydrogens is 306 g/mol. The molecule has 16 heavy (non-hydrogen) atoms. The molecule has 0 bridgehead atoms. The fourth-order valence-corrected chi connectivity index (χ4v) is 3.66. The van der Waals surface area contributed by atoms with E-state index in [1.54, 1.807) is 0 Å². The van der Waals surface area contributed by atoms with Gasteiger partial charge in [0.1, 0.15) is 0 Å². The second kappa shape index (κ2) is 5.65. The van der Waals surface area contributed by atoms with Gasteiger partial charge in [-0.1, -0.05) is 34.5 Å². The summed E-state index contributed by atoms with van der Waals surface area (Å²) in [5.74, 6) is 1.21. The van der Waals surface area contributed by atoms with Gasteiger partial charge in [0.2, 0.25) is 0 Å². The summed E-state index contributed by atoms with van der Waals surface area (Å²) in [6, 6.07) is 6.18. The Kier molecular flexibility index (Phi) is 4.45. The Balaban J connectivity index is 2.24. The van der Waals surface area contributed by atoms with Gasteiger partial charge >= 0.3 is 0 Å². The Morgan fingerprint density at radius 1 is 1.56 bits per heavy atom. The number of nitrogens with zero attached hydrogens (tertiary/aromatic N) is 1. The van der Waals surface area contributed by atoms with Gasteiger partial charge in [0, 0.05) is 40.1 Å². The predicted octanol–water partition coefficient (Wildman–Crippen LogP) is 4.18. The lowest BCUT2D eigenvalue weighted by molar-refractivity contribution is 0.780. The van der Waals surface area contributed by atoms with Gasteiger partial charge < -0.3 is 4.90 Å². The van der Waals surface area contributed by atoms with E-state index in [9.17, 15) is 0 Å². The van der Waals surface area contributed by atoms with Crippen molar-refractivity contribution in [2.45, 2.75) is 17.5 Å². The molecule has 1 fully saturated rings. The minimum absolute atomic E-state index is 0.715. The number of anilines is 1. The van der Waals surface area contributed by atoms with Crippen molar-refractivity contribution in [3.63, 3.8) is 0 Å². The van der Waals surface area contributed by atoms with Gasteiger partial charge in [-0.05, 0) is 23.8 Å². The number of hydrogen-bond donors (Lipinski definition) is 0. The average Bonchev–Trinajstić information content (AvgIpc) is 2.28. The van der Waals surface area contributed by atoms with E-state index < -0.39 is 0 Å². The first-order valence-corrected chi connectivity index (χ1v) is 7.96. The molecule has 1 nitrogen and oxygen atoms in total. The molecule has 1 aliphatic rings. The van der Waals surface area contributed by atoms with Crippen LogP contribution in [-0.2, 0) is 5.33 Å². The van der Waals surface area contributed by atoms with Crippen LogP contribution in [0.4, 0.5) is 5.69 Å². The Hall–Kier alpha value is 0.140. The largest absolute Gasteiger partial charge is 0.369 e. The van der Waals surface area contributed by atoms with Crippen LogP contribution in [0.25, 0.3) is 0 Å². The van der Waals surface area contributed by atoms with Crippen LogP contribution in [0.15, 0.2) is 18.2 Å². The van der Waals surface area contributed by atoms with Gasteiger partial charge in [-0.3, -0.25) is 0 Å². The molecule has 1 heterocycles. The molecule has 88 valence electrons. The maximum atomic E-state index is 6.02. The normalized spacial score (nSPS) is 21.2. The zero-order valence-corrected chi connectivity index (χ0v) is 12.4. The molecule has 0 saturated carbocycles. The number of hydrogen-bond acceptors (Lipinski definition) is 2. The van der Waals surface area contributed by atoms with E-state index in [1.165, 1.54) is 17.0 Å². The first-order valence-electron chi connectivity index (χ1n) is 5.41. The lowest BCUT2D eigenvalue weighted by Crippen LogP contribution is -2.37. The Morgan fingerprint density at radius 3 is 3.06 bits per heavy atom. The molecular formula is C12H15BrClNS. The number of thioether (sulfide) groups is 1. The summed E-state index contributed by atoms with van der Waals surface area (Å²) >= 11 is 11.6. The van der Waals surface area contributed by atoms with Crippen molar-refractivity contribution >= 4 is 45.0 Å². The van der Waals surface area contributed by atoms with Crippen LogP contribution in [0, 0.1) is 0 Å². The van der Waals surface area contributed by atoms with Crippen molar-refractivity contribution in [1.82, 2.24) is 0 Å². The van der Waals surface area contributed by atoms with Crippen LogP contribution >= 0.6 is 39.3 Å². The predicted molar refractivity (Wildman–Crippen MR) is 78.2 cm³/mol. The van der Waals surface area contributed by atoms with Crippen LogP contribution in [0.1, 0.15) is 12.5 Å². The third-order valence-corrected chi connectivity index (χ3v) is 4.74. The van der Waals surface area contributed by atoms with Crippen LogP contribution < -0.4 is 4.90 Å². The van der Waals surface area contributed by atoms with Crippen LogP contribution in [0.2, 0.25) is 5.02 Å². The molecule has 0 amide bonds. The third kappa shape index (κ3) is 2.88. The quantitative estimate of drug-likeness (QED) is 0.752. The van der Waals surface area contributed by atoms with Crippen molar-refractivity contribution in [2.24, 2.45) is 0 Å². The molecule has 0 radical (unpaired) electrons. The lowest BCUT2D eigenvalue weighted by Gasteiger charge is -2.33. The second-order valence-electron chi connectivity index (χ2n) is 4.03. The molecule has 0 aliphatic carbocycles. The maximum absolute atomic E-state index is 6.02.